The molecule has 0 radical (unpaired) electrons. The first kappa shape index (κ1) is 13.4. The van der Waals surface area contributed by atoms with Crippen molar-refractivity contribution in [2.24, 2.45) is 5.73 Å². The molecule has 0 spiro atoms. The summed E-state index contributed by atoms with van der Waals surface area (Å²) in [5, 5.41) is 3.34. The van der Waals surface area contributed by atoms with Crippen molar-refractivity contribution in [3.63, 3.8) is 0 Å². The Labute approximate surface area is 116 Å². The van der Waals surface area contributed by atoms with E-state index in [-0.39, 0.29) is 11.7 Å². The van der Waals surface area contributed by atoms with E-state index in [2.05, 4.69) is 10.3 Å². The fourth-order valence-electron chi connectivity index (χ4n) is 1.59. The summed E-state index contributed by atoms with van der Waals surface area (Å²) in [5.41, 5.74) is 7.27. The smallest absolute Gasteiger partial charge is 0.227 e. The van der Waals surface area contributed by atoms with E-state index in [1.807, 2.05) is 42.6 Å². The number of carbonyl (C=O) groups is 1. The highest BCUT2D eigenvalue weighted by Crippen LogP contribution is 2.26. The van der Waals surface area contributed by atoms with Crippen LogP contribution in [-0.2, 0) is 11.3 Å². The standard InChI is InChI=1S/C14H15N3OS/c15-14(18)10-19-13-6-2-1-5-12(13)17-9-11-4-3-7-16-8-11/h1-8,17H,9-10H2,(H2,15,18). The first-order valence-corrected chi connectivity index (χ1v) is 6.87. The fourth-order valence-corrected chi connectivity index (χ4v) is 2.36. The second-order valence-electron chi connectivity index (χ2n) is 3.97. The first-order valence-electron chi connectivity index (χ1n) is 5.88. The molecular formula is C14H15N3OS. The SMILES string of the molecule is NC(=O)CSc1ccccc1NCc1cccnc1. The minimum Gasteiger partial charge on any atom is -0.380 e. The van der Waals surface area contributed by atoms with Gasteiger partial charge in [-0.15, -0.1) is 11.8 Å². The van der Waals surface area contributed by atoms with Gasteiger partial charge in [0.25, 0.3) is 0 Å². The molecule has 1 amide bonds. The Hall–Kier alpha value is -2.01. The molecule has 0 unspecified atom stereocenters. The maximum atomic E-state index is 10.8. The van der Waals surface area contributed by atoms with Gasteiger partial charge in [0.15, 0.2) is 0 Å². The molecule has 0 bridgehead atoms. The van der Waals surface area contributed by atoms with Crippen molar-refractivity contribution in [3.8, 4) is 0 Å². The molecule has 0 aliphatic rings. The number of nitrogens with zero attached hydrogens (tertiary/aromatic N) is 1. The van der Waals surface area contributed by atoms with Crippen molar-refractivity contribution in [1.29, 1.82) is 0 Å². The summed E-state index contributed by atoms with van der Waals surface area (Å²) in [4.78, 5) is 15.9. The molecule has 19 heavy (non-hydrogen) atoms. The summed E-state index contributed by atoms with van der Waals surface area (Å²) in [6.07, 6.45) is 3.58. The molecule has 0 fully saturated rings. The lowest BCUT2D eigenvalue weighted by Gasteiger charge is -2.11. The molecule has 0 atom stereocenters. The van der Waals surface area contributed by atoms with Crippen LogP contribution in [0.25, 0.3) is 0 Å². The summed E-state index contributed by atoms with van der Waals surface area (Å²) in [7, 11) is 0. The molecule has 0 saturated heterocycles. The second-order valence-corrected chi connectivity index (χ2v) is 4.98. The Bertz CT molecular complexity index is 545. The van der Waals surface area contributed by atoms with Crippen LogP contribution in [0.5, 0.6) is 0 Å². The van der Waals surface area contributed by atoms with Gasteiger partial charge in [-0.3, -0.25) is 9.78 Å². The number of amides is 1. The third-order valence-electron chi connectivity index (χ3n) is 2.46. The summed E-state index contributed by atoms with van der Waals surface area (Å²) >= 11 is 1.44. The topological polar surface area (TPSA) is 68.0 Å². The lowest BCUT2D eigenvalue weighted by Crippen LogP contribution is -2.13. The van der Waals surface area contributed by atoms with Crippen LogP contribution in [0.4, 0.5) is 5.69 Å². The van der Waals surface area contributed by atoms with Gasteiger partial charge < -0.3 is 11.1 Å². The molecule has 1 aromatic carbocycles. The number of primary amides is 1. The van der Waals surface area contributed by atoms with Gasteiger partial charge in [-0.25, -0.2) is 0 Å². The number of benzene rings is 1. The van der Waals surface area contributed by atoms with Gasteiger partial charge in [0.2, 0.25) is 5.91 Å². The highest BCUT2D eigenvalue weighted by molar-refractivity contribution is 8.00. The predicted molar refractivity (Wildman–Crippen MR) is 77.9 cm³/mol. The van der Waals surface area contributed by atoms with Gasteiger partial charge in [0.1, 0.15) is 0 Å². The van der Waals surface area contributed by atoms with Gasteiger partial charge >= 0.3 is 0 Å². The van der Waals surface area contributed by atoms with Crippen LogP contribution in [0.2, 0.25) is 0 Å². The minimum absolute atomic E-state index is 0.283. The van der Waals surface area contributed by atoms with Gasteiger partial charge in [-0.2, -0.15) is 0 Å². The van der Waals surface area contributed by atoms with E-state index in [1.54, 1.807) is 6.20 Å². The van der Waals surface area contributed by atoms with Crippen LogP contribution >= 0.6 is 11.8 Å². The molecule has 1 aromatic heterocycles. The summed E-state index contributed by atoms with van der Waals surface area (Å²) in [5.74, 6) is -0.0296. The van der Waals surface area contributed by atoms with Gasteiger partial charge in [0, 0.05) is 29.5 Å². The van der Waals surface area contributed by atoms with E-state index in [4.69, 9.17) is 5.73 Å². The number of para-hydroxylation sites is 1. The molecule has 3 N–H and O–H groups in total. The zero-order chi connectivity index (χ0) is 13.5. The highest BCUT2D eigenvalue weighted by atomic mass is 32.2. The van der Waals surface area contributed by atoms with Gasteiger partial charge in [-0.1, -0.05) is 18.2 Å². The maximum absolute atomic E-state index is 10.8. The highest BCUT2D eigenvalue weighted by Gasteiger charge is 2.04. The Morgan fingerprint density at radius 1 is 1.26 bits per heavy atom. The number of aromatic nitrogens is 1. The van der Waals surface area contributed by atoms with Crippen LogP contribution in [0, 0.1) is 0 Å². The molecule has 2 aromatic rings. The monoisotopic (exact) mass is 273 g/mol. The first-order chi connectivity index (χ1) is 9.25. The van der Waals surface area contributed by atoms with E-state index < -0.39 is 0 Å². The van der Waals surface area contributed by atoms with Crippen LogP contribution in [0.1, 0.15) is 5.56 Å². The summed E-state index contributed by atoms with van der Waals surface area (Å²) in [6, 6.07) is 11.8. The number of pyridine rings is 1. The normalized spacial score (nSPS) is 10.1. The van der Waals surface area contributed by atoms with E-state index in [9.17, 15) is 4.79 Å². The minimum atomic E-state index is -0.313. The Balaban J connectivity index is 2.01. The fraction of sp³-hybridized carbons (Fsp3) is 0.143. The Morgan fingerprint density at radius 2 is 2.11 bits per heavy atom. The van der Waals surface area contributed by atoms with Crippen LogP contribution in [0.15, 0.2) is 53.7 Å². The molecule has 0 saturated carbocycles. The van der Waals surface area contributed by atoms with Crippen LogP contribution in [-0.4, -0.2) is 16.6 Å². The number of thioether (sulfide) groups is 1. The van der Waals surface area contributed by atoms with Crippen molar-refractivity contribution >= 4 is 23.4 Å². The number of nitrogens with two attached hydrogens (primary N) is 1. The molecular weight excluding hydrogens is 258 g/mol. The maximum Gasteiger partial charge on any atom is 0.227 e. The Kier molecular flexibility index (Phi) is 4.80. The largest absolute Gasteiger partial charge is 0.380 e. The van der Waals surface area contributed by atoms with Gasteiger partial charge in [0.05, 0.1) is 5.75 Å². The quantitative estimate of drug-likeness (QED) is 0.792. The number of rotatable bonds is 6. The van der Waals surface area contributed by atoms with Crippen molar-refractivity contribution in [3.05, 3.63) is 54.4 Å². The van der Waals surface area contributed by atoms with Crippen molar-refractivity contribution in [2.45, 2.75) is 11.4 Å². The van der Waals surface area contributed by atoms with Crippen LogP contribution < -0.4 is 11.1 Å². The number of hydrogen-bond acceptors (Lipinski definition) is 4. The molecule has 5 heteroatoms. The number of anilines is 1. The Morgan fingerprint density at radius 3 is 2.84 bits per heavy atom. The van der Waals surface area contributed by atoms with Gasteiger partial charge in [-0.05, 0) is 23.8 Å². The molecule has 0 aliphatic heterocycles. The van der Waals surface area contributed by atoms with E-state index in [1.165, 1.54) is 11.8 Å². The molecule has 2 rings (SSSR count). The second kappa shape index (κ2) is 6.80. The third-order valence-corrected chi connectivity index (χ3v) is 3.56. The predicted octanol–water partition coefficient (Wildman–Crippen LogP) is 2.27. The van der Waals surface area contributed by atoms with Crippen LogP contribution in [0.3, 0.4) is 0 Å². The van der Waals surface area contributed by atoms with E-state index in [0.29, 0.717) is 6.54 Å². The lowest BCUT2D eigenvalue weighted by molar-refractivity contribution is -0.115. The number of carbonyl (C=O) groups excluding carboxylic acids is 1. The van der Waals surface area contributed by atoms with E-state index in [0.717, 1.165) is 16.1 Å². The average molecular weight is 273 g/mol. The average Bonchev–Trinajstić information content (AvgIpc) is 2.45. The van der Waals surface area contributed by atoms with Crippen molar-refractivity contribution in [1.82, 2.24) is 4.98 Å². The molecule has 98 valence electrons. The third kappa shape index (κ3) is 4.30. The number of nitrogens with one attached hydrogen (secondary N) is 1. The summed E-state index contributed by atoms with van der Waals surface area (Å²) in [6.45, 7) is 0.696. The molecule has 1 heterocycles. The van der Waals surface area contributed by atoms with E-state index >= 15 is 0 Å². The van der Waals surface area contributed by atoms with Crippen molar-refractivity contribution in [2.75, 3.05) is 11.1 Å². The lowest BCUT2D eigenvalue weighted by atomic mass is 10.2. The molecule has 0 aliphatic carbocycles. The number of hydrogen-bond donors (Lipinski definition) is 2. The van der Waals surface area contributed by atoms with Crippen molar-refractivity contribution < 1.29 is 4.79 Å². The zero-order valence-corrected chi connectivity index (χ0v) is 11.2. The summed E-state index contributed by atoms with van der Waals surface area (Å²) < 4.78 is 0. The zero-order valence-electron chi connectivity index (χ0n) is 10.4. The molecule has 4 nitrogen and oxygen atoms in total.